The molecule has 0 aliphatic carbocycles. The smallest absolute Gasteiger partial charge is 0.292 e. The maximum Gasteiger partial charge on any atom is 0.292 e. The molecule has 0 N–H and O–H groups in total. The lowest BCUT2D eigenvalue weighted by molar-refractivity contribution is -0.134. The maximum absolute atomic E-state index is 10.6. The van der Waals surface area contributed by atoms with Crippen molar-refractivity contribution in [2.45, 2.75) is 32.7 Å². The van der Waals surface area contributed by atoms with Crippen LogP contribution in [0.4, 0.5) is 0 Å². The van der Waals surface area contributed by atoms with Gasteiger partial charge in [-0.3, -0.25) is 4.79 Å². The molecular weight excluding hydrogens is 132 g/mol. The highest BCUT2D eigenvalue weighted by Crippen LogP contribution is 1.90. The van der Waals surface area contributed by atoms with Crippen molar-refractivity contribution >= 4 is 15.7 Å². The van der Waals surface area contributed by atoms with Crippen molar-refractivity contribution < 1.29 is 9.22 Å². The highest BCUT2D eigenvalue weighted by Gasteiger charge is 1.96. The summed E-state index contributed by atoms with van der Waals surface area (Å²) in [4.78, 5) is 10.6. The van der Waals surface area contributed by atoms with E-state index in [2.05, 4.69) is 0 Å². The Morgan fingerprint density at radius 1 is 1.56 bits per heavy atom. The molecule has 0 saturated carbocycles. The number of carbonyl (C=O) groups is 1. The van der Waals surface area contributed by atoms with Crippen LogP contribution < -0.4 is 0 Å². The topological polar surface area (TPSA) is 26.3 Å². The third kappa shape index (κ3) is 5.56. The molecule has 9 heavy (non-hydrogen) atoms. The molecular formula is C6H14O2Si. The molecule has 0 heterocycles. The average Bonchev–Trinajstić information content (AvgIpc) is 1.85. The van der Waals surface area contributed by atoms with Gasteiger partial charge in [0.15, 0.2) is 0 Å². The Hall–Kier alpha value is -0.313. The zero-order valence-electron chi connectivity index (χ0n) is 6.14. The van der Waals surface area contributed by atoms with Crippen LogP contribution in [0.25, 0.3) is 0 Å². The monoisotopic (exact) mass is 146 g/mol. The molecule has 0 bridgehead atoms. The fraction of sp³-hybridized carbons (Fsp3) is 0.833. The van der Waals surface area contributed by atoms with Crippen molar-refractivity contribution in [2.75, 3.05) is 0 Å². The molecule has 54 valence electrons. The minimum atomic E-state index is -0.496. The van der Waals surface area contributed by atoms with E-state index >= 15 is 0 Å². The molecule has 2 nitrogen and oxygen atoms in total. The SMILES string of the molecule is CCCC(=O)O[SiH2]CC. The number of hydrogen-bond acceptors (Lipinski definition) is 2. The van der Waals surface area contributed by atoms with Crippen LogP contribution in [-0.4, -0.2) is 15.7 Å². The average molecular weight is 146 g/mol. The first-order valence-electron chi connectivity index (χ1n) is 3.46. The van der Waals surface area contributed by atoms with Gasteiger partial charge in [0.2, 0.25) is 9.76 Å². The van der Waals surface area contributed by atoms with E-state index in [9.17, 15) is 4.79 Å². The van der Waals surface area contributed by atoms with Gasteiger partial charge in [0.1, 0.15) is 0 Å². The van der Waals surface area contributed by atoms with E-state index in [0.29, 0.717) is 6.42 Å². The fourth-order valence-electron chi connectivity index (χ4n) is 0.492. The first-order chi connectivity index (χ1) is 4.31. The van der Waals surface area contributed by atoms with Gasteiger partial charge < -0.3 is 4.43 Å². The number of rotatable bonds is 4. The van der Waals surface area contributed by atoms with Crippen molar-refractivity contribution in [3.05, 3.63) is 0 Å². The summed E-state index contributed by atoms with van der Waals surface area (Å²) >= 11 is 0. The third-order valence-electron chi connectivity index (χ3n) is 0.921. The Balaban J connectivity index is 3.06. The molecule has 0 aromatic rings. The lowest BCUT2D eigenvalue weighted by atomic mass is 10.4. The van der Waals surface area contributed by atoms with E-state index in [4.69, 9.17) is 4.43 Å². The molecule has 0 aliphatic heterocycles. The van der Waals surface area contributed by atoms with Gasteiger partial charge in [-0.25, -0.2) is 0 Å². The molecule has 0 aliphatic rings. The Labute approximate surface area is 58.5 Å². The Kier molecular flexibility index (Phi) is 5.61. The van der Waals surface area contributed by atoms with Gasteiger partial charge in [-0.1, -0.05) is 13.8 Å². The van der Waals surface area contributed by atoms with Crippen molar-refractivity contribution in [1.29, 1.82) is 0 Å². The third-order valence-corrected chi connectivity index (χ3v) is 1.86. The van der Waals surface area contributed by atoms with Gasteiger partial charge in [-0.05, 0) is 12.5 Å². The molecule has 0 saturated heterocycles. The molecule has 0 atom stereocenters. The van der Waals surface area contributed by atoms with Gasteiger partial charge in [0.25, 0.3) is 5.97 Å². The van der Waals surface area contributed by atoms with Crippen LogP contribution in [0.15, 0.2) is 0 Å². The summed E-state index contributed by atoms with van der Waals surface area (Å²) in [6.07, 6.45) is 1.49. The predicted molar refractivity (Wildman–Crippen MR) is 40.0 cm³/mol. The van der Waals surface area contributed by atoms with Crippen LogP contribution in [0, 0.1) is 0 Å². The minimum Gasteiger partial charge on any atom is -0.525 e. The van der Waals surface area contributed by atoms with Crippen molar-refractivity contribution in [2.24, 2.45) is 0 Å². The standard InChI is InChI=1S/C6H14O2Si/c1-3-5-6(7)8-9-4-2/h3-5,9H2,1-2H3. The summed E-state index contributed by atoms with van der Waals surface area (Å²) in [5, 5.41) is 0. The molecule has 0 radical (unpaired) electrons. The largest absolute Gasteiger partial charge is 0.525 e. The van der Waals surface area contributed by atoms with E-state index < -0.39 is 9.76 Å². The zero-order valence-corrected chi connectivity index (χ0v) is 7.56. The van der Waals surface area contributed by atoms with Gasteiger partial charge in [0, 0.05) is 6.42 Å². The second-order valence-electron chi connectivity index (χ2n) is 1.97. The van der Waals surface area contributed by atoms with Crippen LogP contribution >= 0.6 is 0 Å². The van der Waals surface area contributed by atoms with E-state index in [1.807, 2.05) is 13.8 Å². The van der Waals surface area contributed by atoms with Crippen LogP contribution in [0.2, 0.25) is 6.04 Å². The summed E-state index contributed by atoms with van der Waals surface area (Å²) in [7, 11) is -0.496. The lowest BCUT2D eigenvalue weighted by Gasteiger charge is -1.99. The van der Waals surface area contributed by atoms with Crippen LogP contribution in [0.3, 0.4) is 0 Å². The van der Waals surface area contributed by atoms with E-state index in [1.165, 1.54) is 0 Å². The van der Waals surface area contributed by atoms with Gasteiger partial charge in [0.05, 0.1) is 0 Å². The summed E-state index contributed by atoms with van der Waals surface area (Å²) in [6, 6.07) is 1.05. The maximum atomic E-state index is 10.6. The predicted octanol–water partition coefficient (Wildman–Crippen LogP) is 0.852. The summed E-state index contributed by atoms with van der Waals surface area (Å²) in [6.45, 7) is 4.03. The molecule has 0 spiro atoms. The second-order valence-corrected chi connectivity index (χ2v) is 3.67. The van der Waals surface area contributed by atoms with Gasteiger partial charge in [-0.15, -0.1) is 0 Å². The first kappa shape index (κ1) is 8.69. The molecule has 0 rings (SSSR count). The second kappa shape index (κ2) is 5.82. The summed E-state index contributed by atoms with van der Waals surface area (Å²) < 4.78 is 4.93. The van der Waals surface area contributed by atoms with E-state index in [-0.39, 0.29) is 5.97 Å². The highest BCUT2D eigenvalue weighted by atomic mass is 28.2. The van der Waals surface area contributed by atoms with Crippen molar-refractivity contribution in [3.63, 3.8) is 0 Å². The summed E-state index contributed by atoms with van der Waals surface area (Å²) in [5.41, 5.74) is 0. The molecule has 0 amide bonds. The molecule has 0 fully saturated rings. The molecule has 3 heteroatoms. The highest BCUT2D eigenvalue weighted by molar-refractivity contribution is 6.30. The molecule has 0 aromatic heterocycles. The van der Waals surface area contributed by atoms with E-state index in [1.54, 1.807) is 0 Å². The van der Waals surface area contributed by atoms with Crippen LogP contribution in [0.1, 0.15) is 26.7 Å². The number of hydrogen-bond donors (Lipinski definition) is 0. The molecule has 0 unspecified atom stereocenters. The first-order valence-corrected chi connectivity index (χ1v) is 5.04. The summed E-state index contributed by atoms with van der Waals surface area (Å²) in [5.74, 6) is -0.00832. The van der Waals surface area contributed by atoms with Crippen LogP contribution in [-0.2, 0) is 9.22 Å². The normalized spacial score (nSPS) is 10.4. The lowest BCUT2D eigenvalue weighted by Crippen LogP contribution is -2.06. The van der Waals surface area contributed by atoms with Gasteiger partial charge in [-0.2, -0.15) is 0 Å². The fourth-order valence-corrected chi connectivity index (χ4v) is 1.07. The Bertz CT molecular complexity index is 83.1. The molecule has 0 aromatic carbocycles. The van der Waals surface area contributed by atoms with Crippen molar-refractivity contribution in [1.82, 2.24) is 0 Å². The number of carbonyl (C=O) groups excluding carboxylic acids is 1. The Morgan fingerprint density at radius 2 is 2.22 bits per heavy atom. The van der Waals surface area contributed by atoms with E-state index in [0.717, 1.165) is 12.5 Å². The quantitative estimate of drug-likeness (QED) is 0.550. The van der Waals surface area contributed by atoms with Crippen LogP contribution in [0.5, 0.6) is 0 Å². The minimum absolute atomic E-state index is 0.00832. The van der Waals surface area contributed by atoms with Gasteiger partial charge >= 0.3 is 0 Å². The van der Waals surface area contributed by atoms with Crippen molar-refractivity contribution in [3.8, 4) is 0 Å². The zero-order chi connectivity index (χ0) is 7.11. The Morgan fingerprint density at radius 3 is 2.67 bits per heavy atom.